The first kappa shape index (κ1) is 12.6. The van der Waals surface area contributed by atoms with Gasteiger partial charge in [0.15, 0.2) is 11.5 Å². The number of hydrogen-bond donors (Lipinski definition) is 1. The molecule has 15 heavy (non-hydrogen) atoms. The Morgan fingerprint density at radius 1 is 1.40 bits per heavy atom. The van der Waals surface area contributed by atoms with E-state index in [1.807, 2.05) is 13.0 Å². The van der Waals surface area contributed by atoms with Crippen LogP contribution in [0.5, 0.6) is 11.5 Å². The van der Waals surface area contributed by atoms with Crippen molar-refractivity contribution in [3.63, 3.8) is 0 Å². The van der Waals surface area contributed by atoms with Crippen molar-refractivity contribution in [1.82, 2.24) is 0 Å². The van der Waals surface area contributed by atoms with Crippen molar-refractivity contribution in [3.8, 4) is 11.5 Å². The lowest BCUT2D eigenvalue weighted by Gasteiger charge is -2.14. The minimum absolute atomic E-state index is 0.318. The number of thiol groups is 1. The maximum atomic E-state index is 11.4. The molecule has 82 valence electrons. The second kappa shape index (κ2) is 5.07. The van der Waals surface area contributed by atoms with Gasteiger partial charge in [-0.3, -0.25) is 4.79 Å². The molecule has 0 fully saturated rings. The Hall–Kier alpha value is -0.430. The maximum Gasteiger partial charge on any atom is 0.220 e. The van der Waals surface area contributed by atoms with E-state index < -0.39 is 0 Å². The zero-order valence-corrected chi connectivity index (χ0v) is 11.7. The summed E-state index contributed by atoms with van der Waals surface area (Å²) in [5, 5.41) is -0.318. The molecule has 0 saturated heterocycles. The molecule has 0 aromatic heterocycles. The third kappa shape index (κ3) is 2.39. The Morgan fingerprint density at radius 2 is 2.00 bits per heavy atom. The van der Waals surface area contributed by atoms with Gasteiger partial charge in [0.1, 0.15) is 0 Å². The van der Waals surface area contributed by atoms with Crippen LogP contribution < -0.4 is 9.47 Å². The third-order valence-electron chi connectivity index (χ3n) is 2.08. The predicted octanol–water partition coefficient (Wildman–Crippen LogP) is 2.69. The van der Waals surface area contributed by atoms with Gasteiger partial charge in [0.25, 0.3) is 0 Å². The Kier molecular flexibility index (Phi) is 4.27. The van der Waals surface area contributed by atoms with Crippen LogP contribution in [0.2, 0.25) is 0 Å². The first-order valence-electron chi connectivity index (χ1n) is 4.17. The highest BCUT2D eigenvalue weighted by atomic mass is 127. The van der Waals surface area contributed by atoms with Crippen LogP contribution in [0, 0.1) is 10.5 Å². The van der Waals surface area contributed by atoms with Crippen LogP contribution in [0.3, 0.4) is 0 Å². The van der Waals surface area contributed by atoms with Gasteiger partial charge in [0.05, 0.1) is 19.8 Å². The number of methoxy groups -OCH3 is 2. The predicted molar refractivity (Wildman–Crippen MR) is 70.3 cm³/mol. The van der Waals surface area contributed by atoms with E-state index in [0.717, 1.165) is 9.13 Å². The van der Waals surface area contributed by atoms with Crippen LogP contribution in [0.25, 0.3) is 0 Å². The van der Waals surface area contributed by atoms with Crippen LogP contribution in [0.15, 0.2) is 6.07 Å². The molecule has 0 atom stereocenters. The molecule has 0 radical (unpaired) electrons. The molecule has 0 saturated carbocycles. The number of carbonyl (C=O) groups is 1. The summed E-state index contributed by atoms with van der Waals surface area (Å²) in [5.74, 6) is 0.986. The van der Waals surface area contributed by atoms with Crippen molar-refractivity contribution in [1.29, 1.82) is 0 Å². The summed E-state index contributed by atoms with van der Waals surface area (Å²) in [7, 11) is 3.04. The molecule has 0 heterocycles. The van der Waals surface area contributed by atoms with Crippen LogP contribution in [-0.2, 0) is 0 Å². The highest BCUT2D eigenvalue weighted by Crippen LogP contribution is 2.36. The monoisotopic (exact) mass is 338 g/mol. The van der Waals surface area contributed by atoms with E-state index in [1.165, 1.54) is 14.2 Å². The van der Waals surface area contributed by atoms with Gasteiger partial charge in [-0.05, 0) is 41.1 Å². The number of hydrogen-bond acceptors (Lipinski definition) is 3. The van der Waals surface area contributed by atoms with E-state index in [2.05, 4.69) is 35.2 Å². The van der Waals surface area contributed by atoms with Crippen molar-refractivity contribution in [2.24, 2.45) is 0 Å². The van der Waals surface area contributed by atoms with Crippen LogP contribution in [0.1, 0.15) is 15.9 Å². The van der Waals surface area contributed by atoms with E-state index in [4.69, 9.17) is 9.47 Å². The summed E-state index contributed by atoms with van der Waals surface area (Å²) >= 11 is 5.98. The molecule has 0 aliphatic rings. The summed E-state index contributed by atoms with van der Waals surface area (Å²) in [6.07, 6.45) is 0. The number of halogens is 1. The Labute approximate surface area is 108 Å². The SMILES string of the molecule is COc1cc(I)c(C)c(C(=O)S)c1OC. The van der Waals surface area contributed by atoms with Crippen molar-refractivity contribution < 1.29 is 14.3 Å². The first-order valence-corrected chi connectivity index (χ1v) is 5.69. The molecular formula is C10H11IO3S. The zero-order chi connectivity index (χ0) is 11.6. The molecular weight excluding hydrogens is 327 g/mol. The fourth-order valence-corrected chi connectivity index (χ4v) is 2.14. The van der Waals surface area contributed by atoms with Crippen LogP contribution in [-0.4, -0.2) is 19.3 Å². The fraction of sp³-hybridized carbons (Fsp3) is 0.300. The molecule has 0 spiro atoms. The van der Waals surface area contributed by atoms with Crippen molar-refractivity contribution in [2.75, 3.05) is 14.2 Å². The molecule has 1 rings (SSSR count). The summed E-state index contributed by atoms with van der Waals surface area (Å²) in [4.78, 5) is 11.4. The molecule has 3 nitrogen and oxygen atoms in total. The van der Waals surface area contributed by atoms with Crippen molar-refractivity contribution >= 4 is 40.3 Å². The topological polar surface area (TPSA) is 35.5 Å². The fourth-order valence-electron chi connectivity index (χ4n) is 1.31. The lowest BCUT2D eigenvalue weighted by molar-refractivity contribution is 0.108. The smallest absolute Gasteiger partial charge is 0.220 e. The van der Waals surface area contributed by atoms with Crippen molar-refractivity contribution in [2.45, 2.75) is 6.92 Å². The summed E-state index contributed by atoms with van der Waals surface area (Å²) in [6, 6.07) is 1.83. The van der Waals surface area contributed by atoms with Gasteiger partial charge in [-0.1, -0.05) is 0 Å². The molecule has 0 N–H and O–H groups in total. The number of rotatable bonds is 3. The quantitative estimate of drug-likeness (QED) is 0.680. The Morgan fingerprint density at radius 3 is 2.40 bits per heavy atom. The van der Waals surface area contributed by atoms with Gasteiger partial charge in [0.2, 0.25) is 5.12 Å². The second-order valence-corrected chi connectivity index (χ2v) is 4.47. The maximum absolute atomic E-state index is 11.4. The number of carbonyl (C=O) groups excluding carboxylic acids is 1. The first-order chi connectivity index (χ1) is 7.02. The summed E-state index contributed by atoms with van der Waals surface area (Å²) in [6.45, 7) is 1.85. The van der Waals surface area contributed by atoms with E-state index in [0.29, 0.717) is 17.1 Å². The van der Waals surface area contributed by atoms with Crippen LogP contribution in [0.4, 0.5) is 0 Å². The van der Waals surface area contributed by atoms with E-state index >= 15 is 0 Å². The number of benzene rings is 1. The standard InChI is InChI=1S/C10H11IO3S/c1-5-6(11)4-7(13-2)9(14-3)8(5)10(12)15/h4H,1-3H3,(H,12,15). The van der Waals surface area contributed by atoms with Gasteiger partial charge in [-0.15, -0.1) is 12.6 Å². The molecule has 0 amide bonds. The van der Waals surface area contributed by atoms with Gasteiger partial charge in [0, 0.05) is 3.57 Å². The molecule has 1 aromatic rings. The normalized spacial score (nSPS) is 9.93. The highest BCUT2D eigenvalue weighted by molar-refractivity contribution is 14.1. The summed E-state index contributed by atoms with van der Waals surface area (Å²) in [5.41, 5.74) is 1.32. The van der Waals surface area contributed by atoms with E-state index in [9.17, 15) is 4.79 Å². The van der Waals surface area contributed by atoms with Gasteiger partial charge >= 0.3 is 0 Å². The lowest BCUT2D eigenvalue weighted by atomic mass is 10.1. The number of ether oxygens (including phenoxy) is 2. The largest absolute Gasteiger partial charge is 0.493 e. The zero-order valence-electron chi connectivity index (χ0n) is 8.63. The molecule has 0 bridgehead atoms. The van der Waals surface area contributed by atoms with E-state index in [1.54, 1.807) is 0 Å². The molecule has 0 unspecified atom stereocenters. The Balaban J connectivity index is 3.56. The summed E-state index contributed by atoms with van der Waals surface area (Å²) < 4.78 is 11.3. The molecule has 0 aliphatic carbocycles. The van der Waals surface area contributed by atoms with Gasteiger partial charge in [-0.25, -0.2) is 0 Å². The van der Waals surface area contributed by atoms with Crippen molar-refractivity contribution in [3.05, 3.63) is 20.8 Å². The van der Waals surface area contributed by atoms with E-state index in [-0.39, 0.29) is 5.12 Å². The highest BCUT2D eigenvalue weighted by Gasteiger charge is 2.19. The average molecular weight is 338 g/mol. The van der Waals surface area contributed by atoms with Gasteiger partial charge < -0.3 is 9.47 Å². The minimum Gasteiger partial charge on any atom is -0.493 e. The average Bonchev–Trinajstić information content (AvgIpc) is 2.20. The van der Waals surface area contributed by atoms with Crippen LogP contribution >= 0.6 is 35.2 Å². The Bertz CT molecular complexity index is 404. The second-order valence-electron chi connectivity index (χ2n) is 2.90. The molecule has 1 aromatic carbocycles. The van der Waals surface area contributed by atoms with Gasteiger partial charge in [-0.2, -0.15) is 0 Å². The third-order valence-corrected chi connectivity index (χ3v) is 3.42. The minimum atomic E-state index is -0.318. The lowest BCUT2D eigenvalue weighted by Crippen LogP contribution is -2.03. The molecule has 0 aliphatic heterocycles. The molecule has 5 heteroatoms.